The molecule has 0 unspecified atom stereocenters. The summed E-state index contributed by atoms with van der Waals surface area (Å²) in [6, 6.07) is 21.4. The lowest BCUT2D eigenvalue weighted by atomic mass is 9.91. The number of alkyl carbamates (subject to hydrolysis) is 2. The summed E-state index contributed by atoms with van der Waals surface area (Å²) >= 11 is 0. The van der Waals surface area contributed by atoms with Gasteiger partial charge in [-0.2, -0.15) is 5.26 Å². The monoisotopic (exact) mass is 670 g/mol. The maximum atomic E-state index is 13.5. The maximum absolute atomic E-state index is 13.5. The predicted octanol–water partition coefficient (Wildman–Crippen LogP) is 7.52. The van der Waals surface area contributed by atoms with E-state index in [1.807, 2.05) is 65.8 Å². The van der Waals surface area contributed by atoms with Crippen LogP contribution in [0, 0.1) is 11.3 Å². The molecule has 11 nitrogen and oxygen atoms in total. The molecule has 260 valence electrons. The van der Waals surface area contributed by atoms with Crippen molar-refractivity contribution in [1.82, 2.24) is 16.0 Å². The molecule has 0 bridgehead atoms. The summed E-state index contributed by atoms with van der Waals surface area (Å²) in [7, 11) is 0. The van der Waals surface area contributed by atoms with Gasteiger partial charge in [-0.3, -0.25) is 4.79 Å². The lowest BCUT2D eigenvalue weighted by Gasteiger charge is -2.30. The quantitative estimate of drug-likeness (QED) is 0.201. The van der Waals surface area contributed by atoms with E-state index >= 15 is 0 Å². The van der Waals surface area contributed by atoms with E-state index in [-0.39, 0.29) is 24.6 Å². The van der Waals surface area contributed by atoms with Crippen molar-refractivity contribution in [2.24, 2.45) is 0 Å². The van der Waals surface area contributed by atoms with Gasteiger partial charge in [-0.05, 0) is 115 Å². The number of carbonyl (C=O) groups is 3. The SMILES string of the molecule is CC(C)(C)OC(=O)NCc1ccc(COc2cc(Oc3ccc(C#N)cc3)cc(C(=O)NC3CCC(NC(=O)OC(C)(C)C)CC3)c2)cc1. The second-order valence-corrected chi connectivity index (χ2v) is 14.1. The fourth-order valence-corrected chi connectivity index (χ4v) is 5.11. The molecule has 0 saturated heterocycles. The van der Waals surface area contributed by atoms with E-state index in [0.29, 0.717) is 47.8 Å². The number of nitriles is 1. The van der Waals surface area contributed by atoms with Crippen LogP contribution in [0.25, 0.3) is 0 Å². The lowest BCUT2D eigenvalue weighted by molar-refractivity contribution is 0.0485. The maximum Gasteiger partial charge on any atom is 0.407 e. The third-order valence-corrected chi connectivity index (χ3v) is 7.41. The van der Waals surface area contributed by atoms with Gasteiger partial charge in [0, 0.05) is 30.3 Å². The Labute approximate surface area is 288 Å². The number of benzene rings is 3. The van der Waals surface area contributed by atoms with Gasteiger partial charge in [-0.25, -0.2) is 9.59 Å². The largest absolute Gasteiger partial charge is 0.489 e. The van der Waals surface area contributed by atoms with Crippen LogP contribution in [0.3, 0.4) is 0 Å². The summed E-state index contributed by atoms with van der Waals surface area (Å²) in [5, 5.41) is 17.9. The highest BCUT2D eigenvalue weighted by Gasteiger charge is 2.26. The first-order chi connectivity index (χ1) is 23.1. The topological polar surface area (TPSA) is 148 Å². The molecule has 3 N–H and O–H groups in total. The summed E-state index contributed by atoms with van der Waals surface area (Å²) in [4.78, 5) is 37.6. The Morgan fingerprint density at radius 3 is 1.86 bits per heavy atom. The number of hydrogen-bond acceptors (Lipinski definition) is 8. The highest BCUT2D eigenvalue weighted by atomic mass is 16.6. The van der Waals surface area contributed by atoms with Gasteiger partial charge in [-0.1, -0.05) is 24.3 Å². The standard InChI is InChI=1S/C38H46N4O7/c1-37(2,3)48-35(44)40-23-26-7-9-27(10-8-26)24-46-32-19-28(20-33(21-32)47-31-17-11-25(22-39)12-18-31)34(43)41-29-13-15-30(16-14-29)42-36(45)49-38(4,5)6/h7-12,17-21,29-30H,13-16,23-24H2,1-6H3,(H,40,44)(H,41,43)(H,42,45). The van der Waals surface area contributed by atoms with Crippen LogP contribution in [-0.2, 0) is 22.6 Å². The molecule has 1 saturated carbocycles. The van der Waals surface area contributed by atoms with Crippen LogP contribution in [-0.4, -0.2) is 41.4 Å². The fourth-order valence-electron chi connectivity index (χ4n) is 5.11. The van der Waals surface area contributed by atoms with Crippen molar-refractivity contribution in [3.63, 3.8) is 0 Å². The average Bonchev–Trinajstić information content (AvgIpc) is 3.03. The van der Waals surface area contributed by atoms with E-state index in [0.717, 1.165) is 24.0 Å². The van der Waals surface area contributed by atoms with Crippen LogP contribution in [0.2, 0.25) is 0 Å². The zero-order valence-corrected chi connectivity index (χ0v) is 29.1. The van der Waals surface area contributed by atoms with Gasteiger partial charge in [0.15, 0.2) is 0 Å². The molecule has 0 heterocycles. The Morgan fingerprint density at radius 1 is 0.714 bits per heavy atom. The van der Waals surface area contributed by atoms with Gasteiger partial charge in [0.25, 0.3) is 5.91 Å². The highest BCUT2D eigenvalue weighted by Crippen LogP contribution is 2.29. The summed E-state index contributed by atoms with van der Waals surface area (Å²) < 4.78 is 22.8. The van der Waals surface area contributed by atoms with Crippen molar-refractivity contribution in [1.29, 1.82) is 5.26 Å². The van der Waals surface area contributed by atoms with E-state index in [1.54, 1.807) is 42.5 Å². The van der Waals surface area contributed by atoms with Gasteiger partial charge in [0.05, 0.1) is 11.6 Å². The van der Waals surface area contributed by atoms with Crippen molar-refractivity contribution >= 4 is 18.1 Å². The minimum atomic E-state index is -0.572. The summed E-state index contributed by atoms with van der Waals surface area (Å²) in [5.74, 6) is 1.09. The minimum absolute atomic E-state index is 0.0116. The van der Waals surface area contributed by atoms with E-state index in [1.165, 1.54) is 0 Å². The fraction of sp³-hybridized carbons (Fsp3) is 0.421. The third kappa shape index (κ3) is 12.7. The van der Waals surface area contributed by atoms with E-state index < -0.39 is 23.4 Å². The van der Waals surface area contributed by atoms with Crippen molar-refractivity contribution in [3.05, 3.63) is 89.0 Å². The van der Waals surface area contributed by atoms with E-state index in [2.05, 4.69) is 22.0 Å². The van der Waals surface area contributed by atoms with Gasteiger partial charge < -0.3 is 34.9 Å². The van der Waals surface area contributed by atoms with E-state index in [9.17, 15) is 14.4 Å². The van der Waals surface area contributed by atoms with E-state index in [4.69, 9.17) is 24.2 Å². The van der Waals surface area contributed by atoms with Crippen LogP contribution in [0.5, 0.6) is 17.2 Å². The van der Waals surface area contributed by atoms with Crippen molar-refractivity contribution in [2.45, 2.75) is 104 Å². The molecule has 3 aromatic carbocycles. The Balaban J connectivity index is 1.39. The van der Waals surface area contributed by atoms with Crippen LogP contribution in [0.15, 0.2) is 66.7 Å². The van der Waals surface area contributed by atoms with Crippen LogP contribution >= 0.6 is 0 Å². The molecule has 0 spiro atoms. The summed E-state index contributed by atoms with van der Waals surface area (Å²) in [5.41, 5.74) is 1.54. The predicted molar refractivity (Wildman–Crippen MR) is 184 cm³/mol. The number of rotatable bonds is 10. The average molecular weight is 671 g/mol. The Bertz CT molecular complexity index is 1630. The molecular formula is C38H46N4O7. The molecule has 1 aliphatic rings. The second kappa shape index (κ2) is 16.2. The molecule has 3 amide bonds. The Kier molecular flexibility index (Phi) is 12.1. The molecule has 1 fully saturated rings. The Hall–Kier alpha value is -5.24. The number of carbonyl (C=O) groups excluding carboxylic acids is 3. The van der Waals surface area contributed by atoms with Crippen LogP contribution < -0.4 is 25.4 Å². The molecule has 49 heavy (non-hydrogen) atoms. The highest BCUT2D eigenvalue weighted by molar-refractivity contribution is 5.95. The van der Waals surface area contributed by atoms with Crippen molar-refractivity contribution in [3.8, 4) is 23.3 Å². The van der Waals surface area contributed by atoms with Crippen molar-refractivity contribution in [2.75, 3.05) is 0 Å². The van der Waals surface area contributed by atoms with Crippen molar-refractivity contribution < 1.29 is 33.3 Å². The lowest BCUT2D eigenvalue weighted by Crippen LogP contribution is -2.45. The Morgan fingerprint density at radius 2 is 1.27 bits per heavy atom. The molecule has 0 radical (unpaired) electrons. The zero-order valence-electron chi connectivity index (χ0n) is 29.1. The molecule has 1 aliphatic carbocycles. The first-order valence-electron chi connectivity index (χ1n) is 16.4. The summed E-state index contributed by atoms with van der Waals surface area (Å²) in [6.07, 6.45) is 1.94. The molecule has 0 atom stereocenters. The smallest absolute Gasteiger partial charge is 0.407 e. The first-order valence-corrected chi connectivity index (χ1v) is 16.4. The molecule has 4 rings (SSSR count). The van der Waals surface area contributed by atoms with Gasteiger partial charge in [0.1, 0.15) is 35.1 Å². The molecule has 0 aliphatic heterocycles. The molecule has 0 aromatic heterocycles. The molecular weight excluding hydrogens is 624 g/mol. The number of nitrogens with zero attached hydrogens (tertiary/aromatic N) is 1. The van der Waals surface area contributed by atoms with Gasteiger partial charge in [-0.15, -0.1) is 0 Å². The minimum Gasteiger partial charge on any atom is -0.489 e. The van der Waals surface area contributed by atoms with Gasteiger partial charge >= 0.3 is 12.2 Å². The van der Waals surface area contributed by atoms with Crippen LogP contribution in [0.4, 0.5) is 9.59 Å². The number of amides is 3. The number of nitrogens with one attached hydrogen (secondary N) is 3. The number of ether oxygens (including phenoxy) is 4. The zero-order chi connectivity index (χ0) is 35.6. The van der Waals surface area contributed by atoms with Crippen LogP contribution in [0.1, 0.15) is 94.3 Å². The molecule has 3 aromatic rings. The third-order valence-electron chi connectivity index (χ3n) is 7.41. The second-order valence-electron chi connectivity index (χ2n) is 14.1. The number of hydrogen-bond donors (Lipinski definition) is 3. The normalized spacial score (nSPS) is 16.0. The molecule has 11 heteroatoms. The summed E-state index contributed by atoms with van der Waals surface area (Å²) in [6.45, 7) is 11.5. The van der Waals surface area contributed by atoms with Gasteiger partial charge in [0.2, 0.25) is 0 Å². The first kappa shape index (κ1) is 36.6.